The van der Waals surface area contributed by atoms with Crippen molar-refractivity contribution < 1.29 is 4.79 Å². The van der Waals surface area contributed by atoms with E-state index in [-0.39, 0.29) is 24.4 Å². The molecule has 0 radical (unpaired) electrons. The molecule has 1 aromatic carbocycles. The molecular weight excluding hydrogens is 298 g/mol. The highest BCUT2D eigenvalue weighted by molar-refractivity contribution is 5.95. The van der Waals surface area contributed by atoms with E-state index in [1.165, 1.54) is 0 Å². The molecule has 0 bridgehead atoms. The highest BCUT2D eigenvalue weighted by atomic mass is 35.5. The van der Waals surface area contributed by atoms with Gasteiger partial charge >= 0.3 is 0 Å². The molecule has 1 aromatic rings. The Morgan fingerprint density at radius 2 is 1.82 bits per heavy atom. The first-order valence-electron chi connectivity index (χ1n) is 7.95. The van der Waals surface area contributed by atoms with Gasteiger partial charge in [0.1, 0.15) is 0 Å². The summed E-state index contributed by atoms with van der Waals surface area (Å²) < 4.78 is 0. The van der Waals surface area contributed by atoms with Crippen LogP contribution >= 0.6 is 12.4 Å². The van der Waals surface area contributed by atoms with Crippen LogP contribution in [0.15, 0.2) is 30.3 Å². The summed E-state index contributed by atoms with van der Waals surface area (Å²) in [4.78, 5) is 17.0. The Morgan fingerprint density at radius 3 is 2.36 bits per heavy atom. The van der Waals surface area contributed by atoms with Gasteiger partial charge in [0.25, 0.3) is 0 Å². The molecule has 0 saturated carbocycles. The van der Waals surface area contributed by atoms with Crippen molar-refractivity contribution in [2.45, 2.75) is 19.9 Å². The first kappa shape index (κ1) is 17.3. The normalized spacial score (nSPS) is 24.1. The van der Waals surface area contributed by atoms with E-state index in [9.17, 15) is 4.79 Å². The van der Waals surface area contributed by atoms with E-state index in [2.05, 4.69) is 24.1 Å². The van der Waals surface area contributed by atoms with Crippen LogP contribution in [0, 0.1) is 11.8 Å². The fourth-order valence-electron chi connectivity index (χ4n) is 3.67. The lowest BCUT2D eigenvalue weighted by Crippen LogP contribution is -2.44. The number of nitrogens with zero attached hydrogens (tertiary/aromatic N) is 2. The van der Waals surface area contributed by atoms with E-state index in [1.807, 2.05) is 35.2 Å². The minimum atomic E-state index is 0. The molecule has 22 heavy (non-hydrogen) atoms. The van der Waals surface area contributed by atoms with Gasteiger partial charge < -0.3 is 10.2 Å². The number of amides is 1. The summed E-state index contributed by atoms with van der Waals surface area (Å²) in [6, 6.07) is 10.2. The zero-order valence-corrected chi connectivity index (χ0v) is 14.2. The molecule has 1 amide bonds. The third kappa shape index (κ3) is 3.62. The van der Waals surface area contributed by atoms with Gasteiger partial charge in [-0.05, 0) is 50.9 Å². The highest BCUT2D eigenvalue weighted by Gasteiger charge is 2.37. The third-order valence-corrected chi connectivity index (χ3v) is 4.64. The second-order valence-corrected chi connectivity index (χ2v) is 6.57. The fraction of sp³-hybridized carbons (Fsp3) is 0.588. The molecule has 0 aliphatic carbocycles. The Labute approximate surface area is 139 Å². The molecule has 0 unspecified atom stereocenters. The van der Waals surface area contributed by atoms with Crippen LogP contribution in [0.5, 0.6) is 0 Å². The van der Waals surface area contributed by atoms with E-state index in [0.29, 0.717) is 6.54 Å². The molecule has 122 valence electrons. The zero-order valence-electron chi connectivity index (χ0n) is 13.4. The zero-order chi connectivity index (χ0) is 14.8. The van der Waals surface area contributed by atoms with E-state index < -0.39 is 0 Å². The van der Waals surface area contributed by atoms with E-state index in [4.69, 9.17) is 0 Å². The van der Waals surface area contributed by atoms with Gasteiger partial charge in [-0.3, -0.25) is 9.69 Å². The number of fused-ring (bicyclic) bond motifs is 1. The lowest BCUT2D eigenvalue weighted by Gasteiger charge is -2.29. The molecule has 5 heteroatoms. The van der Waals surface area contributed by atoms with E-state index in [1.54, 1.807) is 0 Å². The SMILES string of the molecule is CC(C)N(C(=O)CN1C[C@H]2CNC[C@H]2C1)c1ccccc1.Cl. The Morgan fingerprint density at radius 1 is 1.23 bits per heavy atom. The van der Waals surface area contributed by atoms with Crippen molar-refractivity contribution in [3.63, 3.8) is 0 Å². The molecule has 2 heterocycles. The van der Waals surface area contributed by atoms with Gasteiger partial charge in [-0.2, -0.15) is 0 Å². The molecule has 4 nitrogen and oxygen atoms in total. The molecule has 0 spiro atoms. The number of hydrogen-bond acceptors (Lipinski definition) is 3. The number of nitrogens with one attached hydrogen (secondary N) is 1. The van der Waals surface area contributed by atoms with Gasteiger partial charge in [0.15, 0.2) is 0 Å². The maximum Gasteiger partial charge on any atom is 0.241 e. The van der Waals surface area contributed by atoms with Crippen LogP contribution in [0.25, 0.3) is 0 Å². The second kappa shape index (κ2) is 7.44. The first-order valence-corrected chi connectivity index (χ1v) is 7.95. The van der Waals surface area contributed by atoms with Crippen molar-refractivity contribution in [3.8, 4) is 0 Å². The summed E-state index contributed by atoms with van der Waals surface area (Å²) >= 11 is 0. The quantitative estimate of drug-likeness (QED) is 0.920. The summed E-state index contributed by atoms with van der Waals surface area (Å²) in [5.74, 6) is 1.69. The van der Waals surface area contributed by atoms with Gasteiger partial charge in [0, 0.05) is 24.8 Å². The number of likely N-dealkylation sites (tertiary alicyclic amines) is 1. The Bertz CT molecular complexity index is 482. The van der Waals surface area contributed by atoms with Crippen LogP contribution < -0.4 is 10.2 Å². The number of carbonyl (C=O) groups excluding carboxylic acids is 1. The minimum Gasteiger partial charge on any atom is -0.316 e. The van der Waals surface area contributed by atoms with Crippen LogP contribution in [0.2, 0.25) is 0 Å². The average molecular weight is 324 g/mol. The van der Waals surface area contributed by atoms with Crippen molar-refractivity contribution >= 4 is 24.0 Å². The van der Waals surface area contributed by atoms with Gasteiger partial charge in [-0.25, -0.2) is 0 Å². The van der Waals surface area contributed by atoms with Crippen molar-refractivity contribution in [1.82, 2.24) is 10.2 Å². The summed E-state index contributed by atoms with van der Waals surface area (Å²) in [5.41, 5.74) is 0.999. The lowest BCUT2D eigenvalue weighted by molar-refractivity contribution is -0.119. The molecule has 3 rings (SSSR count). The minimum absolute atomic E-state index is 0. The molecule has 2 aliphatic heterocycles. The molecule has 2 fully saturated rings. The van der Waals surface area contributed by atoms with Crippen molar-refractivity contribution in [3.05, 3.63) is 30.3 Å². The standard InChI is InChI=1S/C17H25N3O.ClH/c1-13(2)20(16-6-4-3-5-7-16)17(21)12-19-10-14-8-18-9-15(14)11-19;/h3-7,13-15,18H,8-12H2,1-2H3;1H/t14-,15+;. The number of para-hydroxylation sites is 1. The van der Waals surface area contributed by atoms with Gasteiger partial charge in [-0.15, -0.1) is 12.4 Å². The Hall–Kier alpha value is -1.10. The predicted molar refractivity (Wildman–Crippen MR) is 92.6 cm³/mol. The van der Waals surface area contributed by atoms with Gasteiger partial charge in [0.2, 0.25) is 5.91 Å². The van der Waals surface area contributed by atoms with Crippen LogP contribution in [0.3, 0.4) is 0 Å². The number of hydrogen-bond donors (Lipinski definition) is 1. The van der Waals surface area contributed by atoms with Crippen molar-refractivity contribution in [1.29, 1.82) is 0 Å². The highest BCUT2D eigenvalue weighted by Crippen LogP contribution is 2.26. The van der Waals surface area contributed by atoms with Crippen LogP contribution in [0.4, 0.5) is 5.69 Å². The lowest BCUT2D eigenvalue weighted by atomic mass is 10.0. The molecule has 2 atom stereocenters. The number of carbonyl (C=O) groups is 1. The molecule has 2 aliphatic rings. The molecule has 2 saturated heterocycles. The summed E-state index contributed by atoms with van der Waals surface area (Å²) in [5, 5.41) is 3.44. The average Bonchev–Trinajstić information content (AvgIpc) is 3.00. The van der Waals surface area contributed by atoms with Gasteiger partial charge in [-0.1, -0.05) is 18.2 Å². The van der Waals surface area contributed by atoms with Crippen LogP contribution in [-0.2, 0) is 4.79 Å². The fourth-order valence-corrected chi connectivity index (χ4v) is 3.67. The van der Waals surface area contributed by atoms with E-state index >= 15 is 0 Å². The van der Waals surface area contributed by atoms with Crippen LogP contribution in [-0.4, -0.2) is 49.6 Å². The van der Waals surface area contributed by atoms with Gasteiger partial charge in [0.05, 0.1) is 6.54 Å². The molecular formula is C17H26ClN3O. The topological polar surface area (TPSA) is 35.6 Å². The predicted octanol–water partition coefficient (Wildman–Crippen LogP) is 2.00. The Balaban J connectivity index is 0.00000176. The smallest absolute Gasteiger partial charge is 0.241 e. The van der Waals surface area contributed by atoms with Crippen molar-refractivity contribution in [2.24, 2.45) is 11.8 Å². The maximum absolute atomic E-state index is 12.7. The maximum atomic E-state index is 12.7. The number of anilines is 1. The largest absolute Gasteiger partial charge is 0.316 e. The second-order valence-electron chi connectivity index (χ2n) is 6.57. The van der Waals surface area contributed by atoms with Crippen molar-refractivity contribution in [2.75, 3.05) is 37.6 Å². The summed E-state index contributed by atoms with van der Waals surface area (Å²) in [7, 11) is 0. The Kier molecular flexibility index (Phi) is 5.84. The third-order valence-electron chi connectivity index (χ3n) is 4.64. The number of halogens is 1. The summed E-state index contributed by atoms with van der Waals surface area (Å²) in [6.07, 6.45) is 0. The monoisotopic (exact) mass is 323 g/mol. The van der Waals surface area contributed by atoms with Crippen LogP contribution in [0.1, 0.15) is 13.8 Å². The first-order chi connectivity index (χ1) is 10.1. The number of benzene rings is 1. The molecule has 0 aromatic heterocycles. The molecule has 1 N–H and O–H groups in total. The summed E-state index contributed by atoms with van der Waals surface area (Å²) in [6.45, 7) is 9.04. The van der Waals surface area contributed by atoms with E-state index in [0.717, 1.165) is 43.7 Å². The number of rotatable bonds is 4.